The average Bonchev–Trinajstić information content (AvgIpc) is 2.41. The summed E-state index contributed by atoms with van der Waals surface area (Å²) in [4.78, 5) is 14.2. The van der Waals surface area contributed by atoms with Crippen molar-refractivity contribution in [2.45, 2.75) is 39.7 Å². The largest absolute Gasteiger partial charge is 0.334 e. The standard InChI is InChI=1S/C15H23FN2O/c1-4-13(5-2)18(9-8-17)15(19)12-7-6-11(3)14(16)10-12/h6-7,10,13H,4-5,8-9,17H2,1-3H3. The van der Waals surface area contributed by atoms with Crippen LogP contribution in [-0.2, 0) is 0 Å². The number of carbonyl (C=O) groups excluding carboxylic acids is 1. The Morgan fingerprint density at radius 2 is 2.00 bits per heavy atom. The van der Waals surface area contributed by atoms with Gasteiger partial charge in [0.05, 0.1) is 0 Å². The molecule has 2 N–H and O–H groups in total. The van der Waals surface area contributed by atoms with Gasteiger partial charge in [-0.3, -0.25) is 4.79 Å². The van der Waals surface area contributed by atoms with Crippen LogP contribution in [-0.4, -0.2) is 29.9 Å². The highest BCUT2D eigenvalue weighted by Crippen LogP contribution is 2.15. The van der Waals surface area contributed by atoms with Gasteiger partial charge < -0.3 is 10.6 Å². The summed E-state index contributed by atoms with van der Waals surface area (Å²) >= 11 is 0. The van der Waals surface area contributed by atoms with Crippen molar-refractivity contribution in [1.82, 2.24) is 4.90 Å². The van der Waals surface area contributed by atoms with Crippen LogP contribution in [0.3, 0.4) is 0 Å². The minimum Gasteiger partial charge on any atom is -0.334 e. The van der Waals surface area contributed by atoms with Gasteiger partial charge in [0.15, 0.2) is 0 Å². The van der Waals surface area contributed by atoms with E-state index >= 15 is 0 Å². The van der Waals surface area contributed by atoms with Gasteiger partial charge in [0, 0.05) is 24.7 Å². The number of hydrogen-bond donors (Lipinski definition) is 1. The van der Waals surface area contributed by atoms with Gasteiger partial charge in [-0.15, -0.1) is 0 Å². The summed E-state index contributed by atoms with van der Waals surface area (Å²) in [5, 5.41) is 0. The van der Waals surface area contributed by atoms with Gasteiger partial charge in [0.1, 0.15) is 5.82 Å². The van der Waals surface area contributed by atoms with Crippen LogP contribution in [0.5, 0.6) is 0 Å². The normalized spacial score (nSPS) is 10.8. The number of halogens is 1. The van der Waals surface area contributed by atoms with Crippen molar-refractivity contribution in [3.05, 3.63) is 35.1 Å². The fourth-order valence-electron chi connectivity index (χ4n) is 2.21. The third-order valence-corrected chi connectivity index (χ3v) is 3.43. The van der Waals surface area contributed by atoms with E-state index in [4.69, 9.17) is 5.73 Å². The Morgan fingerprint density at radius 1 is 1.37 bits per heavy atom. The Bertz CT molecular complexity index is 430. The maximum Gasteiger partial charge on any atom is 0.254 e. The van der Waals surface area contributed by atoms with E-state index in [0.717, 1.165) is 12.8 Å². The molecule has 0 heterocycles. The molecule has 1 aromatic carbocycles. The van der Waals surface area contributed by atoms with E-state index in [-0.39, 0.29) is 17.8 Å². The van der Waals surface area contributed by atoms with Crippen LogP contribution in [0.1, 0.15) is 42.6 Å². The molecule has 0 aromatic heterocycles. The van der Waals surface area contributed by atoms with Gasteiger partial charge in [0.25, 0.3) is 5.91 Å². The first-order valence-corrected chi connectivity index (χ1v) is 6.82. The summed E-state index contributed by atoms with van der Waals surface area (Å²) in [6.45, 7) is 6.68. The third-order valence-electron chi connectivity index (χ3n) is 3.43. The second-order valence-corrected chi connectivity index (χ2v) is 4.72. The SMILES string of the molecule is CCC(CC)N(CCN)C(=O)c1ccc(C)c(F)c1. The predicted molar refractivity (Wildman–Crippen MR) is 75.6 cm³/mol. The molecule has 4 heteroatoms. The highest BCUT2D eigenvalue weighted by Gasteiger charge is 2.22. The minimum absolute atomic E-state index is 0.141. The Morgan fingerprint density at radius 3 is 2.47 bits per heavy atom. The van der Waals surface area contributed by atoms with Gasteiger partial charge >= 0.3 is 0 Å². The summed E-state index contributed by atoms with van der Waals surface area (Å²) in [6, 6.07) is 4.77. The molecule has 0 saturated heterocycles. The smallest absolute Gasteiger partial charge is 0.254 e. The van der Waals surface area contributed by atoms with E-state index in [0.29, 0.717) is 24.2 Å². The first-order chi connectivity index (χ1) is 9.04. The zero-order valence-corrected chi connectivity index (χ0v) is 11.9. The molecule has 0 aliphatic heterocycles. The van der Waals surface area contributed by atoms with Crippen molar-refractivity contribution in [3.8, 4) is 0 Å². The molecule has 0 aliphatic rings. The van der Waals surface area contributed by atoms with Crippen LogP contribution in [0, 0.1) is 12.7 Å². The maximum absolute atomic E-state index is 13.6. The molecule has 0 unspecified atom stereocenters. The van der Waals surface area contributed by atoms with Crippen LogP contribution < -0.4 is 5.73 Å². The molecule has 1 aromatic rings. The number of hydrogen-bond acceptors (Lipinski definition) is 2. The first-order valence-electron chi connectivity index (χ1n) is 6.82. The van der Waals surface area contributed by atoms with Gasteiger partial charge in [-0.05, 0) is 37.5 Å². The maximum atomic E-state index is 13.6. The monoisotopic (exact) mass is 266 g/mol. The summed E-state index contributed by atoms with van der Waals surface area (Å²) in [6.07, 6.45) is 1.74. The summed E-state index contributed by atoms with van der Waals surface area (Å²) in [7, 11) is 0. The molecule has 0 bridgehead atoms. The number of nitrogens with zero attached hydrogens (tertiary/aromatic N) is 1. The van der Waals surface area contributed by atoms with E-state index in [9.17, 15) is 9.18 Å². The van der Waals surface area contributed by atoms with E-state index in [1.165, 1.54) is 6.07 Å². The van der Waals surface area contributed by atoms with E-state index < -0.39 is 0 Å². The fraction of sp³-hybridized carbons (Fsp3) is 0.533. The molecule has 0 radical (unpaired) electrons. The molecule has 0 fully saturated rings. The molecular formula is C15H23FN2O. The molecule has 0 atom stereocenters. The Hall–Kier alpha value is -1.42. The Labute approximate surface area is 114 Å². The zero-order valence-electron chi connectivity index (χ0n) is 11.9. The number of benzene rings is 1. The van der Waals surface area contributed by atoms with Crippen LogP contribution in [0.2, 0.25) is 0 Å². The van der Waals surface area contributed by atoms with Crippen LogP contribution in [0.15, 0.2) is 18.2 Å². The van der Waals surface area contributed by atoms with Crippen molar-refractivity contribution in [3.63, 3.8) is 0 Å². The van der Waals surface area contributed by atoms with Gasteiger partial charge in [-0.1, -0.05) is 19.9 Å². The Kier molecular flexibility index (Phi) is 5.96. The zero-order chi connectivity index (χ0) is 14.4. The predicted octanol–water partition coefficient (Wildman–Crippen LogP) is 2.72. The van der Waals surface area contributed by atoms with Crippen LogP contribution >= 0.6 is 0 Å². The average molecular weight is 266 g/mol. The Balaban J connectivity index is 3.01. The van der Waals surface area contributed by atoms with Crippen molar-refractivity contribution in [2.75, 3.05) is 13.1 Å². The minimum atomic E-state index is -0.344. The quantitative estimate of drug-likeness (QED) is 0.860. The summed E-state index contributed by atoms with van der Waals surface area (Å²) in [5.74, 6) is -0.485. The lowest BCUT2D eigenvalue weighted by molar-refractivity contribution is 0.0674. The number of rotatable bonds is 6. The second kappa shape index (κ2) is 7.24. The first kappa shape index (κ1) is 15.6. The molecule has 1 rings (SSSR count). The number of aryl methyl sites for hydroxylation is 1. The second-order valence-electron chi connectivity index (χ2n) is 4.72. The van der Waals surface area contributed by atoms with Crippen molar-refractivity contribution in [2.24, 2.45) is 5.73 Å². The van der Waals surface area contributed by atoms with Crippen molar-refractivity contribution < 1.29 is 9.18 Å². The number of nitrogens with two attached hydrogens (primary N) is 1. The molecule has 0 spiro atoms. The lowest BCUT2D eigenvalue weighted by atomic mass is 10.1. The number of carbonyl (C=O) groups is 1. The van der Waals surface area contributed by atoms with Crippen molar-refractivity contribution >= 4 is 5.91 Å². The topological polar surface area (TPSA) is 46.3 Å². The molecule has 106 valence electrons. The molecule has 0 aliphatic carbocycles. The lowest BCUT2D eigenvalue weighted by Gasteiger charge is -2.30. The molecular weight excluding hydrogens is 243 g/mol. The molecule has 0 saturated carbocycles. The fourth-order valence-corrected chi connectivity index (χ4v) is 2.21. The van der Waals surface area contributed by atoms with Gasteiger partial charge in [0.2, 0.25) is 0 Å². The van der Waals surface area contributed by atoms with Gasteiger partial charge in [-0.25, -0.2) is 4.39 Å². The number of amides is 1. The van der Waals surface area contributed by atoms with Crippen LogP contribution in [0.4, 0.5) is 4.39 Å². The molecule has 19 heavy (non-hydrogen) atoms. The van der Waals surface area contributed by atoms with Gasteiger partial charge in [-0.2, -0.15) is 0 Å². The molecule has 3 nitrogen and oxygen atoms in total. The third kappa shape index (κ3) is 3.77. The van der Waals surface area contributed by atoms with E-state index in [2.05, 4.69) is 0 Å². The van der Waals surface area contributed by atoms with E-state index in [1.54, 1.807) is 24.0 Å². The van der Waals surface area contributed by atoms with Crippen LogP contribution in [0.25, 0.3) is 0 Å². The summed E-state index contributed by atoms with van der Waals surface area (Å²) in [5.41, 5.74) is 6.52. The van der Waals surface area contributed by atoms with Crippen molar-refractivity contribution in [1.29, 1.82) is 0 Å². The summed E-state index contributed by atoms with van der Waals surface area (Å²) < 4.78 is 13.6. The lowest BCUT2D eigenvalue weighted by Crippen LogP contribution is -2.42. The highest BCUT2D eigenvalue weighted by atomic mass is 19.1. The molecule has 1 amide bonds. The van der Waals surface area contributed by atoms with E-state index in [1.807, 2.05) is 13.8 Å². The highest BCUT2D eigenvalue weighted by molar-refractivity contribution is 5.94.